The first-order chi connectivity index (χ1) is 14.6. The summed E-state index contributed by atoms with van der Waals surface area (Å²) in [5.74, 6) is 0.745. The van der Waals surface area contributed by atoms with Gasteiger partial charge in [0.2, 0.25) is 5.91 Å². The molecule has 2 saturated heterocycles. The molecule has 2 aliphatic rings. The third kappa shape index (κ3) is 4.30. The fourth-order valence-corrected chi connectivity index (χ4v) is 4.45. The number of quaternary nitrogens is 1. The van der Waals surface area contributed by atoms with E-state index in [2.05, 4.69) is 11.0 Å². The highest BCUT2D eigenvalue weighted by atomic mass is 35.5. The number of para-hydroxylation sites is 2. The van der Waals surface area contributed by atoms with Gasteiger partial charge in [-0.1, -0.05) is 35.9 Å². The molecular formula is C23H27ClN3O3+. The summed E-state index contributed by atoms with van der Waals surface area (Å²) in [6.45, 7) is 6.22. The molecule has 0 bridgehead atoms. The van der Waals surface area contributed by atoms with Crippen molar-refractivity contribution < 1.29 is 19.2 Å². The molecule has 0 aliphatic carbocycles. The monoisotopic (exact) mass is 428 g/mol. The minimum atomic E-state index is -0.283. The van der Waals surface area contributed by atoms with Gasteiger partial charge in [0.15, 0.2) is 6.04 Å². The van der Waals surface area contributed by atoms with Crippen molar-refractivity contribution in [1.82, 2.24) is 4.90 Å². The van der Waals surface area contributed by atoms with E-state index >= 15 is 0 Å². The van der Waals surface area contributed by atoms with E-state index in [-0.39, 0.29) is 24.3 Å². The maximum atomic E-state index is 13.0. The molecule has 0 unspecified atom stereocenters. The molecule has 1 atom stereocenters. The molecule has 0 spiro atoms. The van der Waals surface area contributed by atoms with Crippen molar-refractivity contribution >= 4 is 29.1 Å². The topological polar surface area (TPSA) is 54.3 Å². The normalized spacial score (nSPS) is 20.1. The second-order valence-electron chi connectivity index (χ2n) is 7.75. The van der Waals surface area contributed by atoms with E-state index in [4.69, 9.17) is 16.3 Å². The summed E-state index contributed by atoms with van der Waals surface area (Å²) in [7, 11) is 0. The molecule has 30 heavy (non-hydrogen) atoms. The Kier molecular flexibility index (Phi) is 6.25. The average Bonchev–Trinajstić information content (AvgIpc) is 3.04. The van der Waals surface area contributed by atoms with Gasteiger partial charge in [0, 0.05) is 5.02 Å². The number of piperazine rings is 1. The molecule has 0 radical (unpaired) electrons. The van der Waals surface area contributed by atoms with Crippen LogP contribution in [0, 0.1) is 0 Å². The highest BCUT2D eigenvalue weighted by Crippen LogP contribution is 2.28. The number of hydrogen-bond acceptors (Lipinski definition) is 4. The lowest BCUT2D eigenvalue weighted by Crippen LogP contribution is -3.19. The number of nitrogens with one attached hydrogen (secondary N) is 1. The maximum absolute atomic E-state index is 13.0. The second-order valence-corrected chi connectivity index (χ2v) is 8.18. The summed E-state index contributed by atoms with van der Waals surface area (Å²) >= 11 is 5.93. The van der Waals surface area contributed by atoms with Crippen LogP contribution < -0.4 is 14.5 Å². The molecule has 0 aromatic heterocycles. The van der Waals surface area contributed by atoms with Gasteiger partial charge in [-0.3, -0.25) is 14.5 Å². The quantitative estimate of drug-likeness (QED) is 0.712. The van der Waals surface area contributed by atoms with Crippen LogP contribution in [-0.4, -0.2) is 55.5 Å². The van der Waals surface area contributed by atoms with Crippen molar-refractivity contribution in [2.24, 2.45) is 0 Å². The van der Waals surface area contributed by atoms with Crippen molar-refractivity contribution in [2.45, 2.75) is 25.9 Å². The predicted octanol–water partition coefficient (Wildman–Crippen LogP) is 1.77. The molecule has 1 N–H and O–H groups in total. The molecule has 2 aliphatic heterocycles. The summed E-state index contributed by atoms with van der Waals surface area (Å²) < 4.78 is 5.76. The molecule has 2 heterocycles. The Balaban J connectivity index is 1.38. The van der Waals surface area contributed by atoms with Crippen LogP contribution in [0.5, 0.6) is 5.75 Å². The Morgan fingerprint density at radius 2 is 1.77 bits per heavy atom. The Hall–Kier alpha value is -2.57. The molecule has 4 rings (SSSR count). The summed E-state index contributed by atoms with van der Waals surface area (Å²) in [6, 6.07) is 15.1. The standard InChI is InChI=1S/C23H26ClN3O3/c1-2-30-21-6-4-3-5-19(21)25-11-13-26(14-12-25)20-15-22(28)27(23(20)29)16-17-7-9-18(24)10-8-17/h3-10,20H,2,11-16H2,1H3/p+1/t20-/m1/s1. The third-order valence-corrected chi connectivity index (χ3v) is 6.15. The number of carbonyl (C=O) groups is 2. The van der Waals surface area contributed by atoms with Crippen LogP contribution in [0.15, 0.2) is 48.5 Å². The van der Waals surface area contributed by atoms with Crippen molar-refractivity contribution in [3.05, 3.63) is 59.1 Å². The summed E-state index contributed by atoms with van der Waals surface area (Å²) in [4.78, 5) is 30.5. The van der Waals surface area contributed by atoms with Crippen LogP contribution in [0.3, 0.4) is 0 Å². The number of anilines is 1. The lowest BCUT2D eigenvalue weighted by atomic mass is 10.1. The van der Waals surface area contributed by atoms with Gasteiger partial charge in [-0.15, -0.1) is 0 Å². The Morgan fingerprint density at radius 1 is 1.07 bits per heavy atom. The van der Waals surface area contributed by atoms with E-state index in [1.165, 1.54) is 9.80 Å². The fourth-order valence-electron chi connectivity index (χ4n) is 4.32. The van der Waals surface area contributed by atoms with E-state index in [0.29, 0.717) is 18.2 Å². The number of imide groups is 1. The average molecular weight is 429 g/mol. The zero-order valence-corrected chi connectivity index (χ0v) is 17.9. The highest BCUT2D eigenvalue weighted by molar-refractivity contribution is 6.30. The Labute approximate surface area is 182 Å². The zero-order valence-electron chi connectivity index (χ0n) is 17.1. The van der Waals surface area contributed by atoms with Crippen molar-refractivity contribution in [2.75, 3.05) is 37.7 Å². The van der Waals surface area contributed by atoms with E-state index < -0.39 is 0 Å². The number of halogens is 1. The number of carbonyl (C=O) groups excluding carboxylic acids is 2. The number of rotatable bonds is 6. The zero-order chi connectivity index (χ0) is 21.1. The van der Waals surface area contributed by atoms with E-state index in [1.54, 1.807) is 12.1 Å². The first-order valence-electron chi connectivity index (χ1n) is 10.5. The van der Waals surface area contributed by atoms with Crippen LogP contribution in [0.25, 0.3) is 0 Å². The van der Waals surface area contributed by atoms with Crippen molar-refractivity contribution in [3.63, 3.8) is 0 Å². The first-order valence-corrected chi connectivity index (χ1v) is 10.8. The summed E-state index contributed by atoms with van der Waals surface area (Å²) in [5.41, 5.74) is 2.01. The van der Waals surface area contributed by atoms with Crippen LogP contribution in [0.2, 0.25) is 5.02 Å². The molecule has 2 amide bonds. The Bertz CT molecular complexity index is 910. The van der Waals surface area contributed by atoms with Gasteiger partial charge in [0.05, 0.1) is 51.4 Å². The second kappa shape index (κ2) is 9.06. The van der Waals surface area contributed by atoms with E-state index in [9.17, 15) is 9.59 Å². The van der Waals surface area contributed by atoms with Gasteiger partial charge in [0.1, 0.15) is 5.75 Å². The molecular weight excluding hydrogens is 402 g/mol. The van der Waals surface area contributed by atoms with Crippen LogP contribution >= 0.6 is 11.6 Å². The third-order valence-electron chi connectivity index (χ3n) is 5.90. The fraction of sp³-hybridized carbons (Fsp3) is 0.391. The van der Waals surface area contributed by atoms with Gasteiger partial charge in [-0.25, -0.2) is 0 Å². The van der Waals surface area contributed by atoms with Crippen molar-refractivity contribution in [1.29, 1.82) is 0 Å². The number of amides is 2. The molecule has 2 aromatic carbocycles. The summed E-state index contributed by atoms with van der Waals surface area (Å²) in [6.07, 6.45) is 0.289. The Morgan fingerprint density at radius 3 is 2.47 bits per heavy atom. The predicted molar refractivity (Wildman–Crippen MR) is 116 cm³/mol. The molecule has 0 saturated carbocycles. The first kappa shape index (κ1) is 20.7. The molecule has 2 aromatic rings. The number of hydrogen-bond donors (Lipinski definition) is 1. The number of nitrogens with zero attached hydrogens (tertiary/aromatic N) is 2. The molecule has 7 heteroatoms. The van der Waals surface area contributed by atoms with Gasteiger partial charge >= 0.3 is 0 Å². The number of likely N-dealkylation sites (tertiary alicyclic amines) is 1. The lowest BCUT2D eigenvalue weighted by molar-refractivity contribution is -0.915. The number of benzene rings is 2. The maximum Gasteiger partial charge on any atom is 0.288 e. The minimum Gasteiger partial charge on any atom is -0.492 e. The van der Waals surface area contributed by atoms with Crippen LogP contribution in [-0.2, 0) is 16.1 Å². The van der Waals surface area contributed by atoms with Gasteiger partial charge in [-0.05, 0) is 36.8 Å². The molecule has 158 valence electrons. The van der Waals surface area contributed by atoms with E-state index in [1.807, 2.05) is 37.3 Å². The smallest absolute Gasteiger partial charge is 0.288 e. The molecule has 6 nitrogen and oxygen atoms in total. The van der Waals surface area contributed by atoms with Gasteiger partial charge in [-0.2, -0.15) is 0 Å². The van der Waals surface area contributed by atoms with Crippen LogP contribution in [0.4, 0.5) is 5.69 Å². The largest absolute Gasteiger partial charge is 0.492 e. The van der Waals surface area contributed by atoms with Crippen LogP contribution in [0.1, 0.15) is 18.9 Å². The van der Waals surface area contributed by atoms with Crippen molar-refractivity contribution in [3.8, 4) is 5.75 Å². The van der Waals surface area contributed by atoms with Gasteiger partial charge in [0.25, 0.3) is 5.91 Å². The lowest BCUT2D eigenvalue weighted by Gasteiger charge is -2.36. The minimum absolute atomic E-state index is 0.0619. The molecule has 2 fully saturated rings. The van der Waals surface area contributed by atoms with E-state index in [0.717, 1.165) is 43.2 Å². The SMILES string of the molecule is CCOc1ccccc1N1CC[NH+]([C@@H]2CC(=O)N(Cc3ccc(Cl)cc3)C2=O)CC1. The highest BCUT2D eigenvalue weighted by Gasteiger charge is 2.45. The summed E-state index contributed by atoms with van der Waals surface area (Å²) in [5, 5.41) is 0.643. The van der Waals surface area contributed by atoms with Gasteiger partial charge < -0.3 is 14.5 Å². The number of ether oxygens (including phenoxy) is 1.